The van der Waals surface area contributed by atoms with Gasteiger partial charge in [0, 0.05) is 13.7 Å². The number of hydrogen-bond donors (Lipinski definition) is 2. The fraction of sp³-hybridized carbons (Fsp3) is 0.500. The van der Waals surface area contributed by atoms with E-state index in [1.165, 1.54) is 0 Å². The first kappa shape index (κ1) is 13.1. The van der Waals surface area contributed by atoms with Crippen molar-refractivity contribution in [3.05, 3.63) is 35.4 Å². The summed E-state index contributed by atoms with van der Waals surface area (Å²) in [6, 6.07) is 7.63. The third-order valence-electron chi connectivity index (χ3n) is 3.22. The minimum Gasteiger partial charge on any atom is -0.480 e. The highest BCUT2D eigenvalue weighted by atomic mass is 16.5. The number of rotatable bonds is 7. The lowest BCUT2D eigenvalue weighted by atomic mass is 10.1. The largest absolute Gasteiger partial charge is 0.480 e. The van der Waals surface area contributed by atoms with Crippen LogP contribution in [0.25, 0.3) is 0 Å². The van der Waals surface area contributed by atoms with Crippen molar-refractivity contribution in [1.29, 1.82) is 0 Å². The van der Waals surface area contributed by atoms with Crippen LogP contribution in [0.4, 0.5) is 0 Å². The Balaban J connectivity index is 1.86. The number of aliphatic carboxylic acids is 1. The van der Waals surface area contributed by atoms with Crippen molar-refractivity contribution < 1.29 is 14.6 Å². The van der Waals surface area contributed by atoms with E-state index in [1.54, 1.807) is 7.11 Å². The van der Waals surface area contributed by atoms with Crippen molar-refractivity contribution in [2.45, 2.75) is 32.0 Å². The van der Waals surface area contributed by atoms with Gasteiger partial charge in [-0.3, -0.25) is 4.79 Å². The molecule has 0 radical (unpaired) electrons. The van der Waals surface area contributed by atoms with Crippen molar-refractivity contribution >= 4 is 5.97 Å². The van der Waals surface area contributed by atoms with Gasteiger partial charge in [0.25, 0.3) is 0 Å². The molecule has 1 atom stereocenters. The predicted octanol–water partition coefficient (Wildman–Crippen LogP) is 1.79. The Morgan fingerprint density at radius 2 is 2.00 bits per heavy atom. The number of methoxy groups -OCH3 is 1. The Bertz CT molecular complexity index is 398. The Labute approximate surface area is 107 Å². The van der Waals surface area contributed by atoms with Crippen molar-refractivity contribution in [2.24, 2.45) is 5.92 Å². The summed E-state index contributed by atoms with van der Waals surface area (Å²) in [5, 5.41) is 12.2. The zero-order valence-electron chi connectivity index (χ0n) is 10.6. The molecule has 1 fully saturated rings. The molecule has 2 rings (SSSR count). The van der Waals surface area contributed by atoms with E-state index in [4.69, 9.17) is 9.84 Å². The molecule has 1 aliphatic rings. The Hall–Kier alpha value is -1.39. The summed E-state index contributed by atoms with van der Waals surface area (Å²) in [4.78, 5) is 11.1. The molecule has 1 aromatic carbocycles. The summed E-state index contributed by atoms with van der Waals surface area (Å²) >= 11 is 0. The first-order chi connectivity index (χ1) is 8.70. The molecule has 1 aliphatic carbocycles. The van der Waals surface area contributed by atoms with Crippen molar-refractivity contribution in [2.75, 3.05) is 7.11 Å². The third-order valence-corrected chi connectivity index (χ3v) is 3.22. The van der Waals surface area contributed by atoms with Crippen LogP contribution in [0.2, 0.25) is 0 Å². The fourth-order valence-electron chi connectivity index (χ4n) is 2.03. The number of carbonyl (C=O) groups is 1. The highest BCUT2D eigenvalue weighted by Crippen LogP contribution is 2.32. The maximum absolute atomic E-state index is 11.1. The van der Waals surface area contributed by atoms with Gasteiger partial charge in [-0.05, 0) is 29.9 Å². The smallest absolute Gasteiger partial charge is 0.320 e. The first-order valence-corrected chi connectivity index (χ1v) is 6.23. The number of nitrogens with one attached hydrogen (secondary N) is 1. The van der Waals surface area contributed by atoms with Gasteiger partial charge in [-0.2, -0.15) is 0 Å². The number of carboxylic acid groups (broad SMARTS) is 1. The lowest BCUT2D eigenvalue weighted by Crippen LogP contribution is -2.38. The van der Waals surface area contributed by atoms with Crippen molar-refractivity contribution in [3.63, 3.8) is 0 Å². The van der Waals surface area contributed by atoms with E-state index in [1.807, 2.05) is 24.3 Å². The van der Waals surface area contributed by atoms with E-state index in [9.17, 15) is 4.79 Å². The molecular formula is C14H19NO3. The minimum atomic E-state index is -0.742. The molecule has 98 valence electrons. The molecule has 0 aromatic heterocycles. The van der Waals surface area contributed by atoms with Gasteiger partial charge >= 0.3 is 5.97 Å². The molecule has 4 heteroatoms. The van der Waals surface area contributed by atoms with Crippen LogP contribution in [-0.2, 0) is 22.7 Å². The quantitative estimate of drug-likeness (QED) is 0.773. The highest BCUT2D eigenvalue weighted by molar-refractivity contribution is 5.74. The lowest BCUT2D eigenvalue weighted by molar-refractivity contribution is -0.140. The zero-order chi connectivity index (χ0) is 13.0. The van der Waals surface area contributed by atoms with Crippen LogP contribution in [0.1, 0.15) is 24.0 Å². The van der Waals surface area contributed by atoms with Crippen molar-refractivity contribution in [1.82, 2.24) is 5.32 Å². The van der Waals surface area contributed by atoms with Crippen LogP contribution in [0.15, 0.2) is 24.3 Å². The van der Waals surface area contributed by atoms with Gasteiger partial charge in [0.2, 0.25) is 0 Å². The van der Waals surface area contributed by atoms with Crippen LogP contribution < -0.4 is 5.32 Å². The molecule has 4 nitrogen and oxygen atoms in total. The van der Waals surface area contributed by atoms with Gasteiger partial charge < -0.3 is 15.2 Å². The molecule has 0 spiro atoms. The molecule has 0 amide bonds. The average molecular weight is 249 g/mol. The van der Waals surface area contributed by atoms with E-state index in [0.717, 1.165) is 24.0 Å². The molecule has 18 heavy (non-hydrogen) atoms. The van der Waals surface area contributed by atoms with Gasteiger partial charge in [-0.25, -0.2) is 0 Å². The summed E-state index contributed by atoms with van der Waals surface area (Å²) in [6.45, 7) is 1.20. The highest BCUT2D eigenvalue weighted by Gasteiger charge is 2.35. The molecule has 0 saturated heterocycles. The SMILES string of the molecule is COCc1ccc(CNC(C(=O)O)C2CC2)cc1. The zero-order valence-corrected chi connectivity index (χ0v) is 10.6. The number of benzene rings is 1. The lowest BCUT2D eigenvalue weighted by Gasteiger charge is -2.13. The third kappa shape index (κ3) is 3.55. The maximum Gasteiger partial charge on any atom is 0.320 e. The van der Waals surface area contributed by atoms with Gasteiger partial charge in [-0.1, -0.05) is 24.3 Å². The van der Waals surface area contributed by atoms with Crippen LogP contribution in [0.5, 0.6) is 0 Å². The standard InChI is InChI=1S/C14H19NO3/c1-18-9-11-4-2-10(3-5-11)8-15-13(14(16)17)12-6-7-12/h2-5,12-13,15H,6-9H2,1H3,(H,16,17). The van der Waals surface area contributed by atoms with E-state index in [-0.39, 0.29) is 0 Å². The van der Waals surface area contributed by atoms with Gasteiger partial charge in [-0.15, -0.1) is 0 Å². The molecule has 0 heterocycles. The van der Waals surface area contributed by atoms with Crippen LogP contribution >= 0.6 is 0 Å². The summed E-state index contributed by atoms with van der Waals surface area (Å²) in [5.41, 5.74) is 2.22. The molecule has 1 unspecified atom stereocenters. The number of hydrogen-bond acceptors (Lipinski definition) is 3. The van der Waals surface area contributed by atoms with E-state index in [2.05, 4.69) is 5.32 Å². The maximum atomic E-state index is 11.1. The van der Waals surface area contributed by atoms with Crippen LogP contribution in [0, 0.1) is 5.92 Å². The van der Waals surface area contributed by atoms with E-state index >= 15 is 0 Å². The van der Waals surface area contributed by atoms with Gasteiger partial charge in [0.1, 0.15) is 6.04 Å². The fourth-order valence-corrected chi connectivity index (χ4v) is 2.03. The van der Waals surface area contributed by atoms with Crippen molar-refractivity contribution in [3.8, 4) is 0 Å². The van der Waals surface area contributed by atoms with E-state index < -0.39 is 12.0 Å². The van der Waals surface area contributed by atoms with Gasteiger partial charge in [0.15, 0.2) is 0 Å². The topological polar surface area (TPSA) is 58.6 Å². The molecule has 1 aromatic rings. The molecule has 1 saturated carbocycles. The summed E-state index contributed by atoms with van der Waals surface area (Å²) < 4.78 is 5.04. The number of carboxylic acids is 1. The summed E-state index contributed by atoms with van der Waals surface area (Å²) in [5.74, 6) is -0.427. The second kappa shape index (κ2) is 5.98. The monoisotopic (exact) mass is 249 g/mol. The first-order valence-electron chi connectivity index (χ1n) is 6.23. The van der Waals surface area contributed by atoms with Gasteiger partial charge in [0.05, 0.1) is 6.61 Å². The predicted molar refractivity (Wildman–Crippen MR) is 68.1 cm³/mol. The normalized spacial score (nSPS) is 16.5. The summed E-state index contributed by atoms with van der Waals surface area (Å²) in [6.07, 6.45) is 2.05. The Kier molecular flexibility index (Phi) is 4.33. The summed E-state index contributed by atoms with van der Waals surface area (Å²) in [7, 11) is 1.67. The molecular weight excluding hydrogens is 230 g/mol. The Morgan fingerprint density at radius 1 is 1.39 bits per heavy atom. The second-order valence-corrected chi connectivity index (χ2v) is 4.78. The van der Waals surface area contributed by atoms with Crippen LogP contribution in [-0.4, -0.2) is 24.2 Å². The molecule has 0 bridgehead atoms. The molecule has 2 N–H and O–H groups in total. The minimum absolute atomic E-state index is 0.315. The average Bonchev–Trinajstić information content (AvgIpc) is 3.16. The number of ether oxygens (including phenoxy) is 1. The van der Waals surface area contributed by atoms with Crippen LogP contribution in [0.3, 0.4) is 0 Å². The molecule has 0 aliphatic heterocycles. The van der Waals surface area contributed by atoms with E-state index in [0.29, 0.717) is 19.1 Å². The Morgan fingerprint density at radius 3 is 2.50 bits per heavy atom. The second-order valence-electron chi connectivity index (χ2n) is 4.78.